The van der Waals surface area contributed by atoms with Crippen LogP contribution in [-0.2, 0) is 4.79 Å². The first-order chi connectivity index (χ1) is 11.9. The van der Waals surface area contributed by atoms with Gasteiger partial charge in [-0.1, -0.05) is 23.9 Å². The molecule has 0 radical (unpaired) electrons. The Balaban J connectivity index is 0.000000277. The summed E-state index contributed by atoms with van der Waals surface area (Å²) in [5, 5.41) is 11.3. The van der Waals surface area contributed by atoms with E-state index in [9.17, 15) is 13.2 Å². The van der Waals surface area contributed by atoms with E-state index in [-0.39, 0.29) is 0 Å². The van der Waals surface area contributed by atoms with Crippen molar-refractivity contribution in [1.82, 2.24) is 15.2 Å². The molecule has 3 rings (SSSR count). The van der Waals surface area contributed by atoms with Crippen molar-refractivity contribution in [3.8, 4) is 0 Å². The molecule has 138 valence electrons. The van der Waals surface area contributed by atoms with E-state index in [0.717, 1.165) is 54.8 Å². The van der Waals surface area contributed by atoms with Gasteiger partial charge in [-0.15, -0.1) is 0 Å². The summed E-state index contributed by atoms with van der Waals surface area (Å²) in [7, 11) is 0. The van der Waals surface area contributed by atoms with E-state index in [2.05, 4.69) is 15.2 Å². The van der Waals surface area contributed by atoms with Crippen LogP contribution in [0.5, 0.6) is 0 Å². The lowest BCUT2D eigenvalue weighted by molar-refractivity contribution is -0.192. The minimum atomic E-state index is -5.08. The Hall–Kier alpha value is -1.78. The zero-order valence-electron chi connectivity index (χ0n) is 13.3. The zero-order valence-corrected chi connectivity index (χ0v) is 14.1. The molecule has 1 saturated heterocycles. The molecule has 1 fully saturated rings. The van der Waals surface area contributed by atoms with Crippen LogP contribution in [0.15, 0.2) is 33.9 Å². The van der Waals surface area contributed by atoms with Crippen LogP contribution in [0.2, 0.25) is 0 Å². The first kappa shape index (κ1) is 19.5. The number of oxazole rings is 1. The van der Waals surface area contributed by atoms with E-state index in [0.29, 0.717) is 0 Å². The van der Waals surface area contributed by atoms with Crippen LogP contribution in [0.4, 0.5) is 13.2 Å². The van der Waals surface area contributed by atoms with Crippen molar-refractivity contribution in [1.29, 1.82) is 0 Å². The second-order valence-electron chi connectivity index (χ2n) is 5.19. The largest absolute Gasteiger partial charge is 0.490 e. The molecule has 1 aromatic carbocycles. The summed E-state index contributed by atoms with van der Waals surface area (Å²) in [6, 6.07) is 7.91. The highest BCUT2D eigenvalue weighted by Crippen LogP contribution is 2.23. The van der Waals surface area contributed by atoms with Crippen LogP contribution in [0.25, 0.3) is 11.1 Å². The van der Waals surface area contributed by atoms with Crippen molar-refractivity contribution >= 4 is 28.8 Å². The molecule has 0 saturated carbocycles. The number of hydrogen-bond acceptors (Lipinski definition) is 6. The average molecular weight is 377 g/mol. The number of halogens is 3. The first-order valence-corrected chi connectivity index (χ1v) is 8.56. The summed E-state index contributed by atoms with van der Waals surface area (Å²) >= 11 is 1.70. The normalized spacial score (nSPS) is 15.6. The molecule has 0 atom stereocenters. The second-order valence-corrected chi connectivity index (χ2v) is 6.24. The maximum absolute atomic E-state index is 10.6. The van der Waals surface area contributed by atoms with Gasteiger partial charge in [-0.3, -0.25) is 4.90 Å². The van der Waals surface area contributed by atoms with Gasteiger partial charge >= 0.3 is 12.1 Å². The van der Waals surface area contributed by atoms with Crippen molar-refractivity contribution < 1.29 is 27.5 Å². The van der Waals surface area contributed by atoms with Gasteiger partial charge in [0.25, 0.3) is 5.22 Å². The molecule has 0 spiro atoms. The molecule has 1 aliphatic rings. The van der Waals surface area contributed by atoms with Gasteiger partial charge in [-0.05, 0) is 12.1 Å². The number of carbonyl (C=O) groups is 1. The molecule has 0 bridgehead atoms. The summed E-state index contributed by atoms with van der Waals surface area (Å²) in [6.07, 6.45) is -5.08. The van der Waals surface area contributed by atoms with Gasteiger partial charge in [-0.25, -0.2) is 9.78 Å². The third-order valence-electron chi connectivity index (χ3n) is 3.36. The predicted octanol–water partition coefficient (Wildman–Crippen LogP) is 2.46. The van der Waals surface area contributed by atoms with Crippen molar-refractivity contribution in [3.63, 3.8) is 0 Å². The summed E-state index contributed by atoms with van der Waals surface area (Å²) in [6.45, 7) is 5.61. The number of nitrogens with zero attached hydrogens (tertiary/aromatic N) is 2. The van der Waals surface area contributed by atoms with Crippen LogP contribution in [0.1, 0.15) is 0 Å². The number of para-hydroxylation sites is 2. The van der Waals surface area contributed by atoms with Crippen LogP contribution in [0, 0.1) is 0 Å². The standard InChI is InChI=1S/C13H17N3OS.C2HF3O2/c1-2-4-12-11(3-1)15-13(17-12)18-10-9-16-7-5-14-6-8-16;3-2(4,5)1(6)7/h1-4,14H,5-10H2;(H,6,7). The van der Waals surface area contributed by atoms with Crippen molar-refractivity contribution in [2.45, 2.75) is 11.4 Å². The van der Waals surface area contributed by atoms with E-state index in [1.165, 1.54) is 0 Å². The SMILES string of the molecule is O=C(O)C(F)(F)F.c1ccc2oc(SCCN3CCNCC3)nc2c1. The van der Waals surface area contributed by atoms with Crippen molar-refractivity contribution in [2.75, 3.05) is 38.5 Å². The highest BCUT2D eigenvalue weighted by Gasteiger charge is 2.38. The van der Waals surface area contributed by atoms with Gasteiger partial charge in [-0.2, -0.15) is 13.2 Å². The van der Waals surface area contributed by atoms with E-state index < -0.39 is 12.1 Å². The molecule has 2 N–H and O–H groups in total. The number of benzene rings is 1. The van der Waals surface area contributed by atoms with Gasteiger partial charge in [0.2, 0.25) is 0 Å². The van der Waals surface area contributed by atoms with Crippen molar-refractivity contribution in [3.05, 3.63) is 24.3 Å². The van der Waals surface area contributed by atoms with Gasteiger partial charge in [0, 0.05) is 38.5 Å². The molecule has 0 aliphatic carbocycles. The van der Waals surface area contributed by atoms with Crippen LogP contribution in [0.3, 0.4) is 0 Å². The van der Waals surface area contributed by atoms with Crippen LogP contribution < -0.4 is 5.32 Å². The molecular weight excluding hydrogens is 359 g/mol. The molecule has 1 aliphatic heterocycles. The maximum atomic E-state index is 10.6. The number of nitrogens with one attached hydrogen (secondary N) is 1. The van der Waals surface area contributed by atoms with E-state index in [4.69, 9.17) is 14.3 Å². The predicted molar refractivity (Wildman–Crippen MR) is 87.7 cm³/mol. The Morgan fingerprint density at radius 1 is 1.32 bits per heavy atom. The zero-order chi connectivity index (χ0) is 18.3. The van der Waals surface area contributed by atoms with Gasteiger partial charge in [0.15, 0.2) is 5.58 Å². The topological polar surface area (TPSA) is 78.6 Å². The van der Waals surface area contributed by atoms with Crippen LogP contribution in [-0.4, -0.2) is 65.6 Å². The number of alkyl halides is 3. The monoisotopic (exact) mass is 377 g/mol. The van der Waals surface area contributed by atoms with Gasteiger partial charge in [0.1, 0.15) is 5.52 Å². The lowest BCUT2D eigenvalue weighted by atomic mass is 10.3. The molecule has 1 aromatic heterocycles. The molecule has 2 heterocycles. The quantitative estimate of drug-likeness (QED) is 0.793. The number of carboxylic acid groups (broad SMARTS) is 1. The van der Waals surface area contributed by atoms with E-state index in [1.54, 1.807) is 11.8 Å². The highest BCUT2D eigenvalue weighted by atomic mass is 32.2. The molecule has 10 heteroatoms. The second kappa shape index (κ2) is 9.07. The molecule has 6 nitrogen and oxygen atoms in total. The summed E-state index contributed by atoms with van der Waals surface area (Å²) < 4.78 is 37.4. The molecule has 0 unspecified atom stereocenters. The summed E-state index contributed by atoms with van der Waals surface area (Å²) in [5.74, 6) is -1.72. The maximum Gasteiger partial charge on any atom is 0.490 e. The third-order valence-corrected chi connectivity index (χ3v) is 4.17. The Morgan fingerprint density at radius 3 is 2.56 bits per heavy atom. The number of piperazine rings is 1. The third kappa shape index (κ3) is 6.56. The number of fused-ring (bicyclic) bond motifs is 1. The van der Waals surface area contributed by atoms with E-state index in [1.807, 2.05) is 24.3 Å². The Morgan fingerprint density at radius 2 is 1.96 bits per heavy atom. The van der Waals surface area contributed by atoms with Crippen molar-refractivity contribution in [2.24, 2.45) is 0 Å². The fraction of sp³-hybridized carbons (Fsp3) is 0.467. The number of carboxylic acids is 1. The number of hydrogen-bond donors (Lipinski definition) is 2. The Bertz CT molecular complexity index is 654. The van der Waals surface area contributed by atoms with Crippen LogP contribution >= 0.6 is 11.8 Å². The highest BCUT2D eigenvalue weighted by molar-refractivity contribution is 7.99. The fourth-order valence-electron chi connectivity index (χ4n) is 2.11. The summed E-state index contributed by atoms with van der Waals surface area (Å²) in [5.41, 5.74) is 1.82. The minimum absolute atomic E-state index is 0.784. The Kier molecular flexibility index (Phi) is 7.09. The van der Waals surface area contributed by atoms with Gasteiger partial charge < -0.3 is 14.8 Å². The lowest BCUT2D eigenvalue weighted by Gasteiger charge is -2.26. The number of thioether (sulfide) groups is 1. The molecule has 0 amide bonds. The van der Waals surface area contributed by atoms with E-state index >= 15 is 0 Å². The minimum Gasteiger partial charge on any atom is -0.475 e. The number of rotatable bonds is 4. The van der Waals surface area contributed by atoms with Gasteiger partial charge in [0.05, 0.1) is 0 Å². The Labute approximate surface area is 146 Å². The molecular formula is C15H18F3N3O3S. The molecule has 25 heavy (non-hydrogen) atoms. The molecule has 2 aromatic rings. The number of aromatic nitrogens is 1. The fourth-order valence-corrected chi connectivity index (χ4v) is 2.95. The number of aliphatic carboxylic acids is 1. The lowest BCUT2D eigenvalue weighted by Crippen LogP contribution is -2.44. The summed E-state index contributed by atoms with van der Waals surface area (Å²) in [4.78, 5) is 15.8. The smallest absolute Gasteiger partial charge is 0.475 e. The first-order valence-electron chi connectivity index (χ1n) is 7.58. The average Bonchev–Trinajstić information content (AvgIpc) is 2.98.